The van der Waals surface area contributed by atoms with Gasteiger partial charge in [-0.1, -0.05) is 23.4 Å². The SMILES string of the molecule is O=C(Nc1nccs1)C1CC(c2ccccc2F)=NO1. The van der Waals surface area contributed by atoms with Crippen LogP contribution in [0.4, 0.5) is 9.52 Å². The predicted octanol–water partition coefficient (Wildman–Crippen LogP) is 2.41. The first-order valence-electron chi connectivity index (χ1n) is 5.92. The number of thiazole rings is 1. The fourth-order valence-electron chi connectivity index (χ4n) is 1.84. The molecule has 1 aromatic heterocycles. The summed E-state index contributed by atoms with van der Waals surface area (Å²) >= 11 is 1.31. The molecule has 0 aliphatic carbocycles. The molecule has 2 heterocycles. The van der Waals surface area contributed by atoms with Gasteiger partial charge in [0, 0.05) is 23.6 Å². The van der Waals surface area contributed by atoms with Crippen molar-refractivity contribution >= 4 is 28.1 Å². The highest BCUT2D eigenvalue weighted by atomic mass is 32.1. The molecule has 102 valence electrons. The standard InChI is InChI=1S/C13H10FN3O2S/c14-9-4-2-1-3-8(9)10-7-11(19-17-10)12(18)16-13-15-5-6-20-13/h1-6,11H,7H2,(H,15,16,18). The second-order valence-electron chi connectivity index (χ2n) is 4.14. The van der Waals surface area contributed by atoms with Crippen molar-refractivity contribution in [3.8, 4) is 0 Å². The molecule has 0 radical (unpaired) electrons. The lowest BCUT2D eigenvalue weighted by atomic mass is 10.0. The third-order valence-electron chi connectivity index (χ3n) is 2.81. The zero-order valence-electron chi connectivity index (χ0n) is 10.2. The molecule has 0 spiro atoms. The number of hydrogen-bond acceptors (Lipinski definition) is 5. The number of rotatable bonds is 3. The zero-order chi connectivity index (χ0) is 13.9. The number of nitrogens with zero attached hydrogens (tertiary/aromatic N) is 2. The fraction of sp³-hybridized carbons (Fsp3) is 0.154. The Morgan fingerprint density at radius 3 is 3.05 bits per heavy atom. The van der Waals surface area contributed by atoms with Crippen molar-refractivity contribution in [2.24, 2.45) is 5.16 Å². The van der Waals surface area contributed by atoms with E-state index in [1.165, 1.54) is 17.4 Å². The maximum atomic E-state index is 13.6. The molecule has 1 aromatic carbocycles. The molecular weight excluding hydrogens is 281 g/mol. The Kier molecular flexibility index (Phi) is 3.42. The highest BCUT2D eigenvalue weighted by Gasteiger charge is 2.30. The highest BCUT2D eigenvalue weighted by molar-refractivity contribution is 7.13. The Morgan fingerprint density at radius 1 is 1.45 bits per heavy atom. The van der Waals surface area contributed by atoms with Crippen molar-refractivity contribution in [2.75, 3.05) is 5.32 Å². The molecule has 1 N–H and O–H groups in total. The van der Waals surface area contributed by atoms with Crippen LogP contribution in [0.5, 0.6) is 0 Å². The van der Waals surface area contributed by atoms with Crippen LogP contribution in [-0.2, 0) is 9.63 Å². The minimum atomic E-state index is -0.756. The number of halogens is 1. The normalized spacial score (nSPS) is 17.4. The van der Waals surface area contributed by atoms with Crippen molar-refractivity contribution in [1.82, 2.24) is 4.98 Å². The van der Waals surface area contributed by atoms with E-state index in [1.807, 2.05) is 0 Å². The first-order valence-corrected chi connectivity index (χ1v) is 6.80. The number of aromatic nitrogens is 1. The minimum absolute atomic E-state index is 0.234. The maximum Gasteiger partial charge on any atom is 0.270 e. The van der Waals surface area contributed by atoms with Crippen LogP contribution in [0.2, 0.25) is 0 Å². The van der Waals surface area contributed by atoms with Gasteiger partial charge >= 0.3 is 0 Å². The molecule has 7 heteroatoms. The Hall–Kier alpha value is -2.28. The van der Waals surface area contributed by atoms with E-state index in [2.05, 4.69) is 15.5 Å². The van der Waals surface area contributed by atoms with Crippen LogP contribution < -0.4 is 5.32 Å². The van der Waals surface area contributed by atoms with E-state index in [-0.39, 0.29) is 18.1 Å². The van der Waals surface area contributed by atoms with Gasteiger partial charge in [-0.25, -0.2) is 9.37 Å². The van der Waals surface area contributed by atoms with Crippen LogP contribution in [0.25, 0.3) is 0 Å². The quantitative estimate of drug-likeness (QED) is 0.944. The van der Waals surface area contributed by atoms with Crippen molar-refractivity contribution in [3.63, 3.8) is 0 Å². The van der Waals surface area contributed by atoms with E-state index >= 15 is 0 Å². The summed E-state index contributed by atoms with van der Waals surface area (Å²) in [6, 6.07) is 6.27. The number of anilines is 1. The molecule has 1 aliphatic rings. The summed E-state index contributed by atoms with van der Waals surface area (Å²) in [6.45, 7) is 0. The largest absolute Gasteiger partial charge is 0.382 e. The molecule has 0 bridgehead atoms. The molecule has 1 unspecified atom stereocenters. The van der Waals surface area contributed by atoms with Gasteiger partial charge in [0.2, 0.25) is 6.10 Å². The molecule has 1 atom stereocenters. The van der Waals surface area contributed by atoms with Crippen molar-refractivity contribution < 1.29 is 14.0 Å². The van der Waals surface area contributed by atoms with E-state index < -0.39 is 6.10 Å². The number of amides is 1. The molecule has 20 heavy (non-hydrogen) atoms. The molecule has 1 aliphatic heterocycles. The molecule has 0 saturated heterocycles. The van der Waals surface area contributed by atoms with Gasteiger partial charge in [0.05, 0.1) is 5.71 Å². The average molecular weight is 291 g/mol. The van der Waals surface area contributed by atoms with Crippen molar-refractivity contribution in [1.29, 1.82) is 0 Å². The summed E-state index contributed by atoms with van der Waals surface area (Å²) in [4.78, 5) is 21.0. The molecule has 1 amide bonds. The Labute approximate surface area is 118 Å². The topological polar surface area (TPSA) is 63.6 Å². The first-order chi connectivity index (χ1) is 9.74. The molecule has 0 fully saturated rings. The number of nitrogens with one attached hydrogen (secondary N) is 1. The lowest BCUT2D eigenvalue weighted by Crippen LogP contribution is -2.28. The third-order valence-corrected chi connectivity index (χ3v) is 3.50. The van der Waals surface area contributed by atoms with Gasteiger partial charge in [-0.05, 0) is 6.07 Å². The summed E-state index contributed by atoms with van der Waals surface area (Å²) in [5.74, 6) is -0.717. The second kappa shape index (κ2) is 5.38. The van der Waals surface area contributed by atoms with Crippen LogP contribution >= 0.6 is 11.3 Å². The van der Waals surface area contributed by atoms with E-state index in [0.717, 1.165) is 0 Å². The van der Waals surface area contributed by atoms with E-state index in [4.69, 9.17) is 4.84 Å². The van der Waals surface area contributed by atoms with Crippen LogP contribution in [-0.4, -0.2) is 22.7 Å². The van der Waals surface area contributed by atoms with Crippen LogP contribution in [0.1, 0.15) is 12.0 Å². The van der Waals surface area contributed by atoms with Gasteiger partial charge < -0.3 is 4.84 Å². The Morgan fingerprint density at radius 2 is 2.30 bits per heavy atom. The number of carbonyl (C=O) groups excluding carboxylic acids is 1. The summed E-state index contributed by atoms with van der Waals surface area (Å²) < 4.78 is 13.6. The van der Waals surface area contributed by atoms with Gasteiger partial charge in [-0.15, -0.1) is 11.3 Å². The Bertz CT molecular complexity index is 657. The van der Waals surface area contributed by atoms with Gasteiger partial charge in [0.25, 0.3) is 5.91 Å². The molecule has 0 saturated carbocycles. The molecule has 3 rings (SSSR count). The molecule has 5 nitrogen and oxygen atoms in total. The van der Waals surface area contributed by atoms with E-state index in [0.29, 0.717) is 16.4 Å². The lowest BCUT2D eigenvalue weighted by molar-refractivity contribution is -0.125. The summed E-state index contributed by atoms with van der Waals surface area (Å²) in [5.41, 5.74) is 0.791. The number of hydrogen-bond donors (Lipinski definition) is 1. The summed E-state index contributed by atoms with van der Waals surface area (Å²) in [5, 5.41) is 8.68. The van der Waals surface area contributed by atoms with Gasteiger partial charge in [0.15, 0.2) is 5.13 Å². The summed E-state index contributed by atoms with van der Waals surface area (Å²) in [6.07, 6.45) is 1.07. The number of benzene rings is 1. The molecular formula is C13H10FN3O2S. The van der Waals surface area contributed by atoms with Crippen LogP contribution in [0, 0.1) is 5.82 Å². The average Bonchev–Trinajstić information content (AvgIpc) is 3.10. The second-order valence-corrected chi connectivity index (χ2v) is 5.04. The smallest absolute Gasteiger partial charge is 0.270 e. The predicted molar refractivity (Wildman–Crippen MR) is 73.2 cm³/mol. The fourth-order valence-corrected chi connectivity index (χ4v) is 2.38. The van der Waals surface area contributed by atoms with Crippen molar-refractivity contribution in [2.45, 2.75) is 12.5 Å². The zero-order valence-corrected chi connectivity index (χ0v) is 11.1. The molecule has 2 aromatic rings. The maximum absolute atomic E-state index is 13.6. The van der Waals surface area contributed by atoms with Crippen molar-refractivity contribution in [3.05, 3.63) is 47.2 Å². The monoisotopic (exact) mass is 291 g/mol. The number of carbonyl (C=O) groups is 1. The van der Waals surface area contributed by atoms with Crippen LogP contribution in [0.3, 0.4) is 0 Å². The van der Waals surface area contributed by atoms with E-state index in [9.17, 15) is 9.18 Å². The minimum Gasteiger partial charge on any atom is -0.382 e. The Balaban J connectivity index is 1.67. The van der Waals surface area contributed by atoms with Gasteiger partial charge in [-0.3, -0.25) is 10.1 Å². The van der Waals surface area contributed by atoms with E-state index in [1.54, 1.807) is 29.8 Å². The van der Waals surface area contributed by atoms with Gasteiger partial charge in [0.1, 0.15) is 5.82 Å². The highest BCUT2D eigenvalue weighted by Crippen LogP contribution is 2.20. The summed E-state index contributed by atoms with van der Waals surface area (Å²) in [7, 11) is 0. The third kappa shape index (κ3) is 2.53. The first kappa shape index (κ1) is 12.7. The van der Waals surface area contributed by atoms with Crippen LogP contribution in [0.15, 0.2) is 41.0 Å². The number of oxime groups is 1. The van der Waals surface area contributed by atoms with Gasteiger partial charge in [-0.2, -0.15) is 0 Å². The lowest BCUT2D eigenvalue weighted by Gasteiger charge is -2.06.